The monoisotopic (exact) mass is 267 g/mol. The second kappa shape index (κ2) is 14.4. The largest absolute Gasteiger partial charge is 0.0654 e. The van der Waals surface area contributed by atoms with Crippen LogP contribution in [0.4, 0.5) is 0 Å². The topological polar surface area (TPSA) is 0 Å². The van der Waals surface area contributed by atoms with Gasteiger partial charge in [0.05, 0.1) is 0 Å². The molecule has 0 heteroatoms. The zero-order valence-corrected chi connectivity index (χ0v) is 14.1. The van der Waals surface area contributed by atoms with Crippen LogP contribution in [0.5, 0.6) is 0 Å². The summed E-state index contributed by atoms with van der Waals surface area (Å²) >= 11 is 0. The van der Waals surface area contributed by atoms with Gasteiger partial charge in [0.2, 0.25) is 0 Å². The van der Waals surface area contributed by atoms with Crippen molar-refractivity contribution in [3.05, 3.63) is 6.92 Å². The summed E-state index contributed by atoms with van der Waals surface area (Å²) in [6.07, 6.45) is 18.3. The lowest BCUT2D eigenvalue weighted by molar-refractivity contribution is 0.449. The smallest absolute Gasteiger partial charge is 0.0414 e. The van der Waals surface area contributed by atoms with E-state index < -0.39 is 0 Å². The summed E-state index contributed by atoms with van der Waals surface area (Å²) < 4.78 is 0. The number of hydrogen-bond acceptors (Lipinski definition) is 0. The maximum Gasteiger partial charge on any atom is -0.0414 e. The van der Waals surface area contributed by atoms with Crippen LogP contribution in [-0.2, 0) is 0 Å². The molecule has 0 amide bonds. The maximum absolute atomic E-state index is 4.31. The first-order chi connectivity index (χ1) is 9.16. The molecule has 0 aromatic carbocycles. The normalized spacial score (nSPS) is 13.1. The lowest BCUT2D eigenvalue weighted by Gasteiger charge is -2.11. The van der Waals surface area contributed by atoms with Gasteiger partial charge < -0.3 is 0 Å². The van der Waals surface area contributed by atoms with Gasteiger partial charge in [-0.25, -0.2) is 0 Å². The lowest BCUT2D eigenvalue weighted by Crippen LogP contribution is -1.96. The van der Waals surface area contributed by atoms with Gasteiger partial charge in [-0.2, -0.15) is 0 Å². The van der Waals surface area contributed by atoms with E-state index in [1.807, 2.05) is 0 Å². The minimum absolute atomic E-state index is 0.715. The zero-order valence-electron chi connectivity index (χ0n) is 14.1. The summed E-state index contributed by atoms with van der Waals surface area (Å²) in [4.78, 5) is 0. The van der Waals surface area contributed by atoms with Crippen molar-refractivity contribution >= 4 is 0 Å². The first-order valence-corrected chi connectivity index (χ1v) is 8.99. The standard InChI is InChI=1S/C19H39/c1-5-6-7-8-9-10-11-12-16-19(4)17-14-13-15-18(2)3/h18-19H,4-17H2,1-3H3. The van der Waals surface area contributed by atoms with E-state index in [0.29, 0.717) is 5.92 Å². The molecule has 0 heterocycles. The van der Waals surface area contributed by atoms with Gasteiger partial charge in [-0.1, -0.05) is 111 Å². The van der Waals surface area contributed by atoms with Gasteiger partial charge in [0.15, 0.2) is 0 Å². The number of hydrogen-bond donors (Lipinski definition) is 0. The van der Waals surface area contributed by atoms with Crippen molar-refractivity contribution in [2.75, 3.05) is 0 Å². The number of rotatable bonds is 14. The Bertz CT molecular complexity index is 159. The summed E-state index contributed by atoms with van der Waals surface area (Å²) in [6, 6.07) is 0. The molecule has 0 aliphatic carbocycles. The van der Waals surface area contributed by atoms with Crippen molar-refractivity contribution in [3.8, 4) is 0 Å². The third kappa shape index (κ3) is 15.9. The first-order valence-electron chi connectivity index (χ1n) is 8.99. The van der Waals surface area contributed by atoms with Gasteiger partial charge in [0, 0.05) is 0 Å². The van der Waals surface area contributed by atoms with Crippen molar-refractivity contribution in [2.45, 2.75) is 104 Å². The van der Waals surface area contributed by atoms with Gasteiger partial charge in [-0.05, 0) is 11.8 Å². The highest BCUT2D eigenvalue weighted by Gasteiger charge is 2.02. The molecule has 0 spiro atoms. The quantitative estimate of drug-likeness (QED) is 0.292. The van der Waals surface area contributed by atoms with Crippen molar-refractivity contribution < 1.29 is 0 Å². The Hall–Kier alpha value is 0. The fraction of sp³-hybridized carbons (Fsp3) is 0.947. The minimum Gasteiger partial charge on any atom is -0.0654 e. The van der Waals surface area contributed by atoms with Crippen LogP contribution in [0.3, 0.4) is 0 Å². The minimum atomic E-state index is 0.715. The summed E-state index contributed by atoms with van der Waals surface area (Å²) in [5.41, 5.74) is 0. The lowest BCUT2D eigenvalue weighted by atomic mass is 9.95. The van der Waals surface area contributed by atoms with Gasteiger partial charge >= 0.3 is 0 Å². The highest BCUT2D eigenvalue weighted by Crippen LogP contribution is 2.18. The van der Waals surface area contributed by atoms with Crippen molar-refractivity contribution in [2.24, 2.45) is 11.8 Å². The van der Waals surface area contributed by atoms with Crippen LogP contribution >= 0.6 is 0 Å². The molecule has 1 atom stereocenters. The summed E-state index contributed by atoms with van der Waals surface area (Å²) in [5, 5.41) is 0. The van der Waals surface area contributed by atoms with Crippen LogP contribution < -0.4 is 0 Å². The Balaban J connectivity index is 3.13. The highest BCUT2D eigenvalue weighted by molar-refractivity contribution is 4.62. The van der Waals surface area contributed by atoms with Crippen molar-refractivity contribution in [3.63, 3.8) is 0 Å². The van der Waals surface area contributed by atoms with Gasteiger partial charge in [0.25, 0.3) is 0 Å². The van der Waals surface area contributed by atoms with E-state index in [1.54, 1.807) is 0 Å². The Morgan fingerprint density at radius 1 is 0.632 bits per heavy atom. The molecule has 0 saturated heterocycles. The van der Waals surface area contributed by atoms with Crippen molar-refractivity contribution in [1.29, 1.82) is 0 Å². The fourth-order valence-electron chi connectivity index (χ4n) is 2.70. The summed E-state index contributed by atoms with van der Waals surface area (Å²) in [7, 11) is 0. The molecule has 0 aliphatic heterocycles. The summed E-state index contributed by atoms with van der Waals surface area (Å²) in [5.74, 6) is 1.59. The predicted molar refractivity (Wildman–Crippen MR) is 89.4 cm³/mol. The molecule has 0 fully saturated rings. The van der Waals surface area contributed by atoms with Gasteiger partial charge in [-0.15, -0.1) is 0 Å². The molecular formula is C19H39. The van der Waals surface area contributed by atoms with Crippen LogP contribution in [0, 0.1) is 18.8 Å². The second-order valence-corrected chi connectivity index (χ2v) is 6.81. The van der Waals surface area contributed by atoms with E-state index in [4.69, 9.17) is 0 Å². The molecule has 19 heavy (non-hydrogen) atoms. The van der Waals surface area contributed by atoms with Gasteiger partial charge in [-0.3, -0.25) is 0 Å². The fourth-order valence-corrected chi connectivity index (χ4v) is 2.70. The van der Waals surface area contributed by atoms with E-state index in [2.05, 4.69) is 27.7 Å². The Morgan fingerprint density at radius 3 is 1.58 bits per heavy atom. The molecule has 0 rings (SSSR count). The molecule has 0 N–H and O–H groups in total. The second-order valence-electron chi connectivity index (χ2n) is 6.81. The molecule has 0 aromatic rings. The third-order valence-corrected chi connectivity index (χ3v) is 4.11. The van der Waals surface area contributed by atoms with Gasteiger partial charge in [0.1, 0.15) is 0 Å². The molecule has 1 radical (unpaired) electrons. The summed E-state index contributed by atoms with van der Waals surface area (Å²) in [6.45, 7) is 11.2. The van der Waals surface area contributed by atoms with E-state index in [0.717, 1.165) is 5.92 Å². The van der Waals surface area contributed by atoms with E-state index in [9.17, 15) is 0 Å². The molecule has 0 aromatic heterocycles. The van der Waals surface area contributed by atoms with E-state index in [1.165, 1.54) is 83.5 Å². The maximum atomic E-state index is 4.31. The molecule has 0 aliphatic rings. The first kappa shape index (κ1) is 19.0. The molecule has 0 nitrogen and oxygen atoms in total. The highest BCUT2D eigenvalue weighted by atomic mass is 14.1. The van der Waals surface area contributed by atoms with Crippen LogP contribution in [0.25, 0.3) is 0 Å². The average Bonchev–Trinajstić information content (AvgIpc) is 2.37. The molecule has 0 bridgehead atoms. The SMILES string of the molecule is [CH2]C(CCCCCCCCCC)CCCCC(C)C. The Morgan fingerprint density at radius 2 is 1.05 bits per heavy atom. The molecule has 0 saturated carbocycles. The van der Waals surface area contributed by atoms with Crippen LogP contribution in [0.15, 0.2) is 0 Å². The van der Waals surface area contributed by atoms with E-state index in [-0.39, 0.29) is 0 Å². The van der Waals surface area contributed by atoms with Crippen LogP contribution in [0.2, 0.25) is 0 Å². The molecule has 1 unspecified atom stereocenters. The third-order valence-electron chi connectivity index (χ3n) is 4.11. The van der Waals surface area contributed by atoms with Crippen LogP contribution in [-0.4, -0.2) is 0 Å². The van der Waals surface area contributed by atoms with Crippen LogP contribution in [0.1, 0.15) is 104 Å². The molecule has 115 valence electrons. The Labute approximate surface area is 123 Å². The zero-order chi connectivity index (χ0) is 14.3. The number of unbranched alkanes of at least 4 members (excludes halogenated alkanes) is 8. The predicted octanol–water partition coefficient (Wildman–Crippen LogP) is 7.18. The average molecular weight is 268 g/mol. The van der Waals surface area contributed by atoms with Crippen molar-refractivity contribution in [1.82, 2.24) is 0 Å². The van der Waals surface area contributed by atoms with E-state index >= 15 is 0 Å². The Kier molecular flexibility index (Phi) is 14.4. The molecular weight excluding hydrogens is 228 g/mol.